The normalized spacial score (nSPS) is 8.88. The summed E-state index contributed by atoms with van der Waals surface area (Å²) in [4.78, 5) is 0. The second kappa shape index (κ2) is 10.7. The molecule has 0 unspecified atom stereocenters. The number of hydrogen-bond acceptors (Lipinski definition) is 7. The van der Waals surface area contributed by atoms with Gasteiger partial charge in [-0.15, -0.1) is 0 Å². The van der Waals surface area contributed by atoms with Crippen LogP contribution >= 0.6 is 0 Å². The first-order valence-corrected chi connectivity index (χ1v) is 4.41. The van der Waals surface area contributed by atoms with Crippen molar-refractivity contribution in [2.75, 3.05) is 0 Å². The van der Waals surface area contributed by atoms with Gasteiger partial charge in [-0.3, -0.25) is 8.42 Å². The van der Waals surface area contributed by atoms with Gasteiger partial charge in [-0.2, -0.15) is 0 Å². The maximum atomic E-state index is 8.71. The topological polar surface area (TPSA) is 141 Å². The molecule has 0 spiro atoms. The monoisotopic (exact) mass is 300 g/mol. The molecule has 10 heteroatoms. The molecule has 1 aromatic rings. The van der Waals surface area contributed by atoms with Crippen LogP contribution in [-0.4, -0.2) is 32.8 Å². The van der Waals surface area contributed by atoms with Gasteiger partial charge in [0.25, 0.3) is 0 Å². The summed E-state index contributed by atoms with van der Waals surface area (Å²) in [7, 11) is -5.17. The Hall–Kier alpha value is 1.76. The molecule has 0 aliphatic rings. The van der Waals surface area contributed by atoms with Crippen LogP contribution in [0.15, 0.2) is 18.2 Å². The van der Waals surface area contributed by atoms with Gasteiger partial charge in [-0.25, -0.2) is 0 Å². The van der Waals surface area contributed by atoms with Gasteiger partial charge in [-0.05, 0) is 12.1 Å². The van der Waals surface area contributed by atoms with Crippen LogP contribution in [0.3, 0.4) is 0 Å². The Balaban J connectivity index is -0.000000214. The van der Waals surface area contributed by atoms with E-state index in [1.807, 2.05) is 0 Å². The zero-order valence-corrected chi connectivity index (χ0v) is 15.7. The maximum Gasteiger partial charge on any atom is 1.00 e. The van der Waals surface area contributed by atoms with Gasteiger partial charge >= 0.3 is 103 Å². The fourth-order valence-corrected chi connectivity index (χ4v) is 0.519. The number of para-hydroxylation sites is 1. The number of phenolic OH excluding ortho intramolecular Hbond substituents is 3. The summed E-state index contributed by atoms with van der Waals surface area (Å²) in [5.41, 5.74) is 0. The summed E-state index contributed by atoms with van der Waals surface area (Å²) in [6, 6.07) is 4.01. The van der Waals surface area contributed by atoms with E-state index in [0.29, 0.717) is 0 Å². The van der Waals surface area contributed by atoms with Crippen LogP contribution in [-0.2, 0) is 10.4 Å². The van der Waals surface area contributed by atoms with E-state index in [0.717, 1.165) is 0 Å². The molecular formula is C6H6K2O7S. The summed E-state index contributed by atoms with van der Waals surface area (Å²) in [5, 5.41) is 26.1. The van der Waals surface area contributed by atoms with E-state index in [1.54, 1.807) is 0 Å². The zero-order valence-electron chi connectivity index (χ0n) is 8.61. The van der Waals surface area contributed by atoms with Gasteiger partial charge < -0.3 is 24.4 Å². The molecule has 3 N–H and O–H groups in total. The fraction of sp³-hybridized carbons (Fsp3) is 0. The Morgan fingerprint density at radius 3 is 1.38 bits per heavy atom. The molecule has 0 aromatic heterocycles. The third-order valence-electron chi connectivity index (χ3n) is 0.993. The molecule has 0 saturated heterocycles. The van der Waals surface area contributed by atoms with E-state index >= 15 is 0 Å². The molecule has 0 bridgehead atoms. The van der Waals surface area contributed by atoms with Gasteiger partial charge in [0.2, 0.25) is 0 Å². The van der Waals surface area contributed by atoms with Crippen molar-refractivity contribution in [3.63, 3.8) is 0 Å². The van der Waals surface area contributed by atoms with Crippen molar-refractivity contribution in [3.05, 3.63) is 18.2 Å². The van der Waals surface area contributed by atoms with Crippen molar-refractivity contribution in [3.8, 4) is 17.2 Å². The van der Waals surface area contributed by atoms with Crippen LogP contribution < -0.4 is 103 Å². The molecule has 0 aliphatic carbocycles. The van der Waals surface area contributed by atoms with Crippen LogP contribution in [0.5, 0.6) is 17.2 Å². The molecule has 0 amide bonds. The third-order valence-corrected chi connectivity index (χ3v) is 0.993. The van der Waals surface area contributed by atoms with E-state index in [-0.39, 0.29) is 114 Å². The fourth-order valence-electron chi connectivity index (χ4n) is 0.519. The minimum atomic E-state index is -5.17. The molecule has 80 valence electrons. The van der Waals surface area contributed by atoms with E-state index in [9.17, 15) is 0 Å². The summed E-state index contributed by atoms with van der Waals surface area (Å²) in [6.07, 6.45) is 0. The van der Waals surface area contributed by atoms with E-state index in [4.69, 9.17) is 32.8 Å². The minimum absolute atomic E-state index is 0. The van der Waals surface area contributed by atoms with Gasteiger partial charge in [0.15, 0.2) is 17.2 Å². The molecule has 16 heavy (non-hydrogen) atoms. The molecule has 1 aromatic carbocycles. The maximum absolute atomic E-state index is 8.71. The zero-order chi connectivity index (χ0) is 11.4. The molecule has 7 nitrogen and oxygen atoms in total. The summed E-state index contributed by atoms with van der Waals surface area (Å²) >= 11 is 0. The van der Waals surface area contributed by atoms with Gasteiger partial charge in [0, 0.05) is 10.4 Å². The molecule has 0 heterocycles. The first kappa shape index (κ1) is 22.9. The van der Waals surface area contributed by atoms with Crippen LogP contribution in [0, 0.1) is 0 Å². The van der Waals surface area contributed by atoms with Crippen molar-refractivity contribution in [1.82, 2.24) is 0 Å². The Bertz CT molecular complexity index is 377. The Kier molecular flexibility index (Phi) is 15.3. The van der Waals surface area contributed by atoms with Crippen LogP contribution in [0.2, 0.25) is 0 Å². The molecule has 0 aliphatic heterocycles. The van der Waals surface area contributed by atoms with Crippen LogP contribution in [0.1, 0.15) is 0 Å². The van der Waals surface area contributed by atoms with Crippen molar-refractivity contribution >= 4 is 10.4 Å². The van der Waals surface area contributed by atoms with Gasteiger partial charge in [0.1, 0.15) is 0 Å². The second-order valence-corrected chi connectivity index (χ2v) is 2.87. The summed E-state index contributed by atoms with van der Waals surface area (Å²) < 4.78 is 34.1. The van der Waals surface area contributed by atoms with E-state index < -0.39 is 16.1 Å². The number of phenols is 3. The van der Waals surface area contributed by atoms with Crippen molar-refractivity contribution in [2.24, 2.45) is 0 Å². The summed E-state index contributed by atoms with van der Waals surface area (Å²) in [5.74, 6) is -1.09. The van der Waals surface area contributed by atoms with Crippen molar-refractivity contribution < 1.29 is 136 Å². The van der Waals surface area contributed by atoms with Crippen LogP contribution in [0.4, 0.5) is 0 Å². The molecule has 0 atom stereocenters. The third kappa shape index (κ3) is 13.8. The molecule has 1 rings (SSSR count). The SMILES string of the molecule is O=S(=O)([O-])[O-].Oc1cccc(O)c1O.[K+].[K+]. The predicted octanol–water partition coefficient (Wildman–Crippen LogP) is -6.53. The number of aromatic hydroxyl groups is 3. The Labute approximate surface area is 177 Å². The predicted molar refractivity (Wildman–Crippen MR) is 41.9 cm³/mol. The second-order valence-electron chi connectivity index (χ2n) is 2.05. The molecular weight excluding hydrogens is 294 g/mol. The average molecular weight is 300 g/mol. The molecule has 0 radical (unpaired) electrons. The Morgan fingerprint density at radius 2 is 1.19 bits per heavy atom. The Morgan fingerprint density at radius 1 is 0.938 bits per heavy atom. The number of rotatable bonds is 0. The minimum Gasteiger partial charge on any atom is -0.759 e. The van der Waals surface area contributed by atoms with E-state index in [2.05, 4.69) is 0 Å². The smallest absolute Gasteiger partial charge is 0.759 e. The average Bonchev–Trinajstić information content (AvgIpc) is 1.97. The standard InChI is InChI=1S/C6H6O3.2K.H2O4S/c7-4-2-1-3-5(8)6(4)9;;;1-5(2,3)4/h1-3,7-9H;;;(H2,1,2,3,4)/q;2*+1;/p-2. The van der Waals surface area contributed by atoms with Gasteiger partial charge in [-0.1, -0.05) is 6.07 Å². The van der Waals surface area contributed by atoms with Gasteiger partial charge in [0.05, 0.1) is 0 Å². The molecule has 0 saturated carbocycles. The van der Waals surface area contributed by atoms with Crippen LogP contribution in [0.25, 0.3) is 0 Å². The van der Waals surface area contributed by atoms with E-state index in [1.165, 1.54) is 18.2 Å². The first-order valence-electron chi connectivity index (χ1n) is 3.08. The largest absolute Gasteiger partial charge is 1.00 e. The van der Waals surface area contributed by atoms with Crippen molar-refractivity contribution in [2.45, 2.75) is 0 Å². The summed E-state index contributed by atoms with van der Waals surface area (Å²) in [6.45, 7) is 0. The quantitative estimate of drug-likeness (QED) is 0.187. The number of hydrogen-bond donors (Lipinski definition) is 3. The van der Waals surface area contributed by atoms with Crippen molar-refractivity contribution in [1.29, 1.82) is 0 Å². The number of benzene rings is 1. The first-order chi connectivity index (χ1) is 6.22. The molecule has 0 fully saturated rings.